The number of carbonyl (C=O) groups excluding carboxylic acids is 1. The molecule has 0 N–H and O–H groups in total. The molecule has 2 aromatic carbocycles. The summed E-state index contributed by atoms with van der Waals surface area (Å²) >= 11 is 0. The summed E-state index contributed by atoms with van der Waals surface area (Å²) < 4.78 is 35.7. The average Bonchev–Trinajstić information content (AvgIpc) is 2.82. The normalized spacial score (nSPS) is 31.1. The second-order valence-electron chi connectivity index (χ2n) is 7.18. The summed E-state index contributed by atoms with van der Waals surface area (Å²) in [6, 6.07) is 19.6. The molecule has 7 heteroatoms. The van der Waals surface area contributed by atoms with Gasteiger partial charge in [0.1, 0.15) is 37.3 Å². The quantitative estimate of drug-likeness (QED) is 0.615. The maximum Gasteiger partial charge on any atom is 0.186 e. The monoisotopic (exact) mass is 414 g/mol. The Morgan fingerprint density at radius 2 is 1.70 bits per heavy atom. The molecule has 7 nitrogen and oxygen atoms in total. The fraction of sp³-hybridized carbons (Fsp3) is 0.435. The molecule has 0 aliphatic carbocycles. The standard InChI is InChI=1S/C23H26O7/c1-25-23-21(26-13-12-24)20(27-14-16-8-4-2-5-9-16)19-18(29-23)15-28-22(30-19)17-10-6-3-7-11-17/h2-12,18-23H,13-15H2,1H3/t18-,19-,20+,21-,22-,23+/m1/s1. The summed E-state index contributed by atoms with van der Waals surface area (Å²) in [5, 5.41) is 0. The Morgan fingerprint density at radius 1 is 0.967 bits per heavy atom. The van der Waals surface area contributed by atoms with E-state index in [0.717, 1.165) is 11.1 Å². The Labute approximate surface area is 175 Å². The van der Waals surface area contributed by atoms with Crippen molar-refractivity contribution in [3.05, 3.63) is 71.8 Å². The van der Waals surface area contributed by atoms with Crippen molar-refractivity contribution in [2.75, 3.05) is 20.3 Å². The molecule has 0 saturated carbocycles. The second kappa shape index (κ2) is 10.3. The summed E-state index contributed by atoms with van der Waals surface area (Å²) in [6.07, 6.45) is -2.51. The lowest BCUT2D eigenvalue weighted by atomic mass is 9.97. The molecule has 0 spiro atoms. The van der Waals surface area contributed by atoms with Crippen LogP contribution in [0.4, 0.5) is 0 Å². The van der Waals surface area contributed by atoms with E-state index in [1.54, 1.807) is 0 Å². The number of methoxy groups -OCH3 is 1. The number of aldehydes is 1. The van der Waals surface area contributed by atoms with E-state index in [4.69, 9.17) is 28.4 Å². The molecule has 4 rings (SSSR count). The maximum atomic E-state index is 10.9. The highest BCUT2D eigenvalue weighted by Crippen LogP contribution is 2.36. The van der Waals surface area contributed by atoms with Crippen molar-refractivity contribution < 1.29 is 33.2 Å². The lowest BCUT2D eigenvalue weighted by molar-refractivity contribution is -0.367. The summed E-state index contributed by atoms with van der Waals surface area (Å²) in [5.74, 6) is 0. The van der Waals surface area contributed by atoms with Gasteiger partial charge >= 0.3 is 0 Å². The zero-order valence-corrected chi connectivity index (χ0v) is 16.8. The van der Waals surface area contributed by atoms with Crippen molar-refractivity contribution >= 4 is 6.29 Å². The lowest BCUT2D eigenvalue weighted by Gasteiger charge is -2.48. The largest absolute Gasteiger partial charge is 0.368 e. The van der Waals surface area contributed by atoms with Crippen molar-refractivity contribution in [2.24, 2.45) is 0 Å². The summed E-state index contributed by atoms with van der Waals surface area (Å²) in [7, 11) is 1.54. The van der Waals surface area contributed by atoms with E-state index in [-0.39, 0.29) is 12.7 Å². The van der Waals surface area contributed by atoms with Crippen LogP contribution in [0, 0.1) is 0 Å². The van der Waals surface area contributed by atoms with Crippen LogP contribution in [0.5, 0.6) is 0 Å². The van der Waals surface area contributed by atoms with E-state index in [2.05, 4.69) is 0 Å². The van der Waals surface area contributed by atoms with Crippen LogP contribution < -0.4 is 0 Å². The van der Waals surface area contributed by atoms with Gasteiger partial charge in [0.2, 0.25) is 0 Å². The van der Waals surface area contributed by atoms with Crippen LogP contribution in [0.25, 0.3) is 0 Å². The van der Waals surface area contributed by atoms with Crippen LogP contribution in [0.1, 0.15) is 17.4 Å². The van der Waals surface area contributed by atoms with Crippen LogP contribution >= 0.6 is 0 Å². The maximum absolute atomic E-state index is 10.9. The number of rotatable bonds is 8. The number of benzene rings is 2. The van der Waals surface area contributed by atoms with Gasteiger partial charge in [0.25, 0.3) is 0 Å². The minimum absolute atomic E-state index is 0.0882. The third-order valence-corrected chi connectivity index (χ3v) is 5.23. The Morgan fingerprint density at radius 3 is 2.40 bits per heavy atom. The molecule has 0 amide bonds. The van der Waals surface area contributed by atoms with Gasteiger partial charge in [-0.25, -0.2) is 0 Å². The van der Waals surface area contributed by atoms with Gasteiger partial charge in [-0.15, -0.1) is 0 Å². The molecule has 0 unspecified atom stereocenters. The molecule has 6 atom stereocenters. The highest BCUT2D eigenvalue weighted by Gasteiger charge is 2.51. The zero-order chi connectivity index (χ0) is 20.8. The Hall–Kier alpha value is -2.13. The zero-order valence-electron chi connectivity index (χ0n) is 16.8. The van der Waals surface area contributed by atoms with Gasteiger partial charge in [-0.2, -0.15) is 0 Å². The van der Waals surface area contributed by atoms with Crippen molar-refractivity contribution in [1.29, 1.82) is 0 Å². The third-order valence-electron chi connectivity index (χ3n) is 5.23. The van der Waals surface area contributed by atoms with E-state index < -0.39 is 30.9 Å². The first kappa shape index (κ1) is 21.1. The predicted octanol–water partition coefficient (Wildman–Crippen LogP) is 2.64. The number of ether oxygens (including phenoxy) is 6. The molecular weight excluding hydrogens is 388 g/mol. The summed E-state index contributed by atoms with van der Waals surface area (Å²) in [4.78, 5) is 10.9. The van der Waals surface area contributed by atoms with Crippen molar-refractivity contribution in [2.45, 2.75) is 43.6 Å². The lowest BCUT2D eigenvalue weighted by Crippen LogP contribution is -2.63. The molecule has 2 saturated heterocycles. The first-order chi connectivity index (χ1) is 14.8. The van der Waals surface area contributed by atoms with Crippen molar-refractivity contribution in [3.8, 4) is 0 Å². The average molecular weight is 414 g/mol. The highest BCUT2D eigenvalue weighted by atomic mass is 16.8. The Kier molecular flexibility index (Phi) is 7.22. The minimum Gasteiger partial charge on any atom is -0.368 e. The number of carbonyl (C=O) groups is 1. The van der Waals surface area contributed by atoms with Gasteiger partial charge < -0.3 is 33.2 Å². The third kappa shape index (κ3) is 4.78. The van der Waals surface area contributed by atoms with Crippen molar-refractivity contribution in [3.63, 3.8) is 0 Å². The molecule has 0 bridgehead atoms. The molecule has 2 aromatic rings. The first-order valence-corrected chi connectivity index (χ1v) is 10.0. The van der Waals surface area contributed by atoms with Gasteiger partial charge in [-0.3, -0.25) is 0 Å². The van der Waals surface area contributed by atoms with Gasteiger partial charge in [0, 0.05) is 12.7 Å². The van der Waals surface area contributed by atoms with Gasteiger partial charge in [-0.05, 0) is 5.56 Å². The number of fused-ring (bicyclic) bond motifs is 1. The minimum atomic E-state index is -0.701. The smallest absolute Gasteiger partial charge is 0.186 e. The summed E-state index contributed by atoms with van der Waals surface area (Å²) in [6.45, 7) is 0.608. The molecule has 30 heavy (non-hydrogen) atoms. The fourth-order valence-electron chi connectivity index (χ4n) is 3.80. The van der Waals surface area contributed by atoms with Crippen LogP contribution in [-0.4, -0.2) is 57.3 Å². The fourth-order valence-corrected chi connectivity index (χ4v) is 3.80. The van der Waals surface area contributed by atoms with Crippen LogP contribution in [-0.2, 0) is 39.8 Å². The highest BCUT2D eigenvalue weighted by molar-refractivity contribution is 5.50. The van der Waals surface area contributed by atoms with E-state index in [1.807, 2.05) is 60.7 Å². The Bertz CT molecular complexity index is 785. The van der Waals surface area contributed by atoms with Gasteiger partial charge in [-0.1, -0.05) is 60.7 Å². The SMILES string of the molecule is CO[C@H]1O[C@@H]2CO[C@@H](c3ccccc3)O[C@H]2[C@H](OCc2ccccc2)[C@H]1OCC=O. The first-order valence-electron chi connectivity index (χ1n) is 10.0. The number of hydrogen-bond acceptors (Lipinski definition) is 7. The molecular formula is C23H26O7. The molecule has 2 aliphatic rings. The van der Waals surface area contributed by atoms with Crippen LogP contribution in [0.3, 0.4) is 0 Å². The van der Waals surface area contributed by atoms with Gasteiger partial charge in [0.05, 0.1) is 13.2 Å². The van der Waals surface area contributed by atoms with E-state index >= 15 is 0 Å². The molecule has 0 aromatic heterocycles. The Balaban J connectivity index is 1.56. The molecule has 160 valence electrons. The topological polar surface area (TPSA) is 72.5 Å². The molecule has 0 radical (unpaired) electrons. The molecule has 2 aliphatic heterocycles. The van der Waals surface area contributed by atoms with Crippen LogP contribution in [0.15, 0.2) is 60.7 Å². The summed E-state index contributed by atoms with van der Waals surface area (Å²) in [5.41, 5.74) is 1.94. The van der Waals surface area contributed by atoms with E-state index in [9.17, 15) is 4.79 Å². The van der Waals surface area contributed by atoms with Crippen LogP contribution in [0.2, 0.25) is 0 Å². The number of hydrogen-bond donors (Lipinski definition) is 0. The predicted molar refractivity (Wildman–Crippen MR) is 107 cm³/mol. The second-order valence-corrected chi connectivity index (χ2v) is 7.18. The van der Waals surface area contributed by atoms with Gasteiger partial charge in [0.15, 0.2) is 12.6 Å². The van der Waals surface area contributed by atoms with E-state index in [1.165, 1.54) is 7.11 Å². The molecule has 2 fully saturated rings. The molecule has 2 heterocycles. The van der Waals surface area contributed by atoms with Crippen molar-refractivity contribution in [1.82, 2.24) is 0 Å². The van der Waals surface area contributed by atoms with E-state index in [0.29, 0.717) is 19.5 Å².